The molecule has 0 atom stereocenters. The third kappa shape index (κ3) is 25.9. The number of aliphatic hydroxyl groups excluding tert-OH is 1. The molecule has 0 aromatic rings. The topological polar surface area (TPSA) is 93.1 Å². The molecule has 0 aliphatic heterocycles. The van der Waals surface area contributed by atoms with E-state index in [2.05, 4.69) is 8.92 Å². The summed E-state index contributed by atoms with van der Waals surface area (Å²) in [7, 11) is -1.10. The molecule has 0 unspecified atom stereocenters. The zero-order valence-electron chi connectivity index (χ0n) is 6.35. The summed E-state index contributed by atoms with van der Waals surface area (Å²) in [4.78, 5) is 0. The molecule has 0 saturated heterocycles. The minimum Gasteiger partial charge on any atom is -0.394 e. The van der Waals surface area contributed by atoms with Crippen LogP contribution >= 0.6 is 0 Å². The maximum Gasteiger partial charge on any atom is 0.397 e. The van der Waals surface area contributed by atoms with Crippen LogP contribution in [-0.4, -0.2) is 45.5 Å². The predicted molar refractivity (Wildman–Crippen MR) is 37.5 cm³/mol. The first kappa shape index (κ1) is 13.4. The van der Waals surface area contributed by atoms with Crippen LogP contribution < -0.4 is 0 Å². The van der Waals surface area contributed by atoms with Gasteiger partial charge in [-0.1, -0.05) is 0 Å². The Balaban J connectivity index is 0. The van der Waals surface area contributed by atoms with E-state index in [4.69, 9.17) is 9.66 Å². The average Bonchev–Trinajstić information content (AvgIpc) is 1.84. The normalized spacial score (nSPS) is 10.2. The van der Waals surface area contributed by atoms with Crippen molar-refractivity contribution in [3.63, 3.8) is 0 Å². The monoisotopic (exact) mass is 188 g/mol. The van der Waals surface area contributed by atoms with E-state index in [1.165, 1.54) is 0 Å². The highest BCUT2D eigenvalue weighted by atomic mass is 32.3. The second-order valence-corrected chi connectivity index (χ2v) is 2.47. The Bertz CT molecular complexity index is 150. The first-order valence-corrected chi connectivity index (χ1v) is 3.97. The van der Waals surface area contributed by atoms with Gasteiger partial charge in [0, 0.05) is 14.2 Å². The molecule has 6 nitrogen and oxygen atoms in total. The lowest BCUT2D eigenvalue weighted by Gasteiger charge is -1.92. The Labute approximate surface area is 65.7 Å². The number of hydrogen-bond donors (Lipinski definition) is 2. The van der Waals surface area contributed by atoms with Gasteiger partial charge in [0.2, 0.25) is 0 Å². The number of ether oxygens (including phenoxy) is 1. The van der Waals surface area contributed by atoms with Crippen LogP contribution in [-0.2, 0) is 19.3 Å². The third-order valence-electron chi connectivity index (χ3n) is 0.324. The lowest BCUT2D eigenvalue weighted by Crippen LogP contribution is -2.06. The average molecular weight is 188 g/mol. The summed E-state index contributed by atoms with van der Waals surface area (Å²) in [6, 6.07) is 0. The van der Waals surface area contributed by atoms with Crippen LogP contribution in [0, 0.1) is 0 Å². The molecule has 0 aliphatic carbocycles. The van der Waals surface area contributed by atoms with Gasteiger partial charge in [-0.15, -0.1) is 0 Å². The van der Waals surface area contributed by atoms with E-state index in [1.807, 2.05) is 0 Å². The molecule has 0 amide bonds. The van der Waals surface area contributed by atoms with Crippen molar-refractivity contribution in [2.45, 2.75) is 0 Å². The molecule has 0 aromatic carbocycles. The van der Waals surface area contributed by atoms with Gasteiger partial charge in [0.25, 0.3) is 0 Å². The van der Waals surface area contributed by atoms with Crippen LogP contribution in [0.25, 0.3) is 0 Å². The highest BCUT2D eigenvalue weighted by molar-refractivity contribution is 7.80. The summed E-state index contributed by atoms with van der Waals surface area (Å²) in [6.07, 6.45) is 0. The molecule has 0 rings (SSSR count). The third-order valence-corrected chi connectivity index (χ3v) is 0.788. The molecule has 0 aromatic heterocycles. The van der Waals surface area contributed by atoms with E-state index in [9.17, 15) is 8.42 Å². The van der Waals surface area contributed by atoms with Crippen molar-refractivity contribution < 1.29 is 27.0 Å². The van der Waals surface area contributed by atoms with Gasteiger partial charge < -0.3 is 9.84 Å². The molecular formula is C4H12O6S. The number of rotatable bonds is 3. The molecule has 0 fully saturated rings. The standard InChI is InChI=1S/C2H6O5S.C2H6O/c3-1-2-7-8(4,5)6;1-3-2/h3H,1-2H2,(H,4,5,6);1-2H3. The lowest BCUT2D eigenvalue weighted by atomic mass is 10.8. The second-order valence-electron chi connectivity index (χ2n) is 1.38. The van der Waals surface area contributed by atoms with Crippen LogP contribution in [0.5, 0.6) is 0 Å². The van der Waals surface area contributed by atoms with Gasteiger partial charge in [0.15, 0.2) is 0 Å². The highest BCUT2D eigenvalue weighted by Crippen LogP contribution is 1.81. The summed E-state index contributed by atoms with van der Waals surface area (Å²) < 4.78 is 34.9. The van der Waals surface area contributed by atoms with Crippen molar-refractivity contribution in [2.75, 3.05) is 27.4 Å². The molecule has 0 heterocycles. The van der Waals surface area contributed by atoms with Gasteiger partial charge >= 0.3 is 10.4 Å². The van der Waals surface area contributed by atoms with Gasteiger partial charge in [-0.3, -0.25) is 4.55 Å². The van der Waals surface area contributed by atoms with E-state index in [0.29, 0.717) is 0 Å². The Morgan fingerprint density at radius 2 is 1.73 bits per heavy atom. The van der Waals surface area contributed by atoms with E-state index in [-0.39, 0.29) is 0 Å². The van der Waals surface area contributed by atoms with Crippen molar-refractivity contribution in [3.05, 3.63) is 0 Å². The summed E-state index contributed by atoms with van der Waals surface area (Å²) in [5, 5.41) is 7.93. The van der Waals surface area contributed by atoms with Crippen molar-refractivity contribution in [2.24, 2.45) is 0 Å². The predicted octanol–water partition coefficient (Wildman–Crippen LogP) is -0.939. The molecule has 0 aliphatic rings. The van der Waals surface area contributed by atoms with E-state index in [0.717, 1.165) is 0 Å². The Kier molecular flexibility index (Phi) is 9.60. The summed E-state index contributed by atoms with van der Waals surface area (Å²) in [6.45, 7) is -0.835. The van der Waals surface area contributed by atoms with E-state index in [1.54, 1.807) is 14.2 Å². The SMILES string of the molecule is COC.O=S(=O)(O)OCCO. The van der Waals surface area contributed by atoms with Crippen LogP contribution in [0.3, 0.4) is 0 Å². The minimum absolute atomic E-state index is 0.404. The largest absolute Gasteiger partial charge is 0.397 e. The Morgan fingerprint density at radius 1 is 1.36 bits per heavy atom. The Hall–Kier alpha value is -0.210. The number of methoxy groups -OCH3 is 1. The molecule has 0 radical (unpaired) electrons. The van der Waals surface area contributed by atoms with Gasteiger partial charge in [-0.2, -0.15) is 8.42 Å². The first-order chi connectivity index (χ1) is 4.97. The first-order valence-electron chi connectivity index (χ1n) is 2.60. The van der Waals surface area contributed by atoms with Crippen LogP contribution in [0.2, 0.25) is 0 Å². The Morgan fingerprint density at radius 3 is 1.82 bits per heavy atom. The van der Waals surface area contributed by atoms with Crippen molar-refractivity contribution in [1.29, 1.82) is 0 Å². The lowest BCUT2D eigenvalue weighted by molar-refractivity contribution is 0.188. The molecule has 0 spiro atoms. The molecule has 2 N–H and O–H groups in total. The maximum atomic E-state index is 9.61. The van der Waals surface area contributed by atoms with Crippen LogP contribution in [0.4, 0.5) is 0 Å². The highest BCUT2D eigenvalue weighted by Gasteiger charge is 2.00. The molecule has 70 valence electrons. The van der Waals surface area contributed by atoms with Gasteiger partial charge in [0.05, 0.1) is 13.2 Å². The van der Waals surface area contributed by atoms with Gasteiger partial charge in [0.1, 0.15) is 0 Å². The zero-order chi connectivity index (χ0) is 9.33. The summed E-state index contributed by atoms with van der Waals surface area (Å²) >= 11 is 0. The fourth-order valence-corrected chi connectivity index (χ4v) is 0.428. The molecule has 11 heavy (non-hydrogen) atoms. The van der Waals surface area contributed by atoms with Crippen molar-refractivity contribution >= 4 is 10.4 Å². The fourth-order valence-electron chi connectivity index (χ4n) is 0.143. The van der Waals surface area contributed by atoms with Gasteiger partial charge in [-0.25, -0.2) is 4.18 Å². The molecular weight excluding hydrogens is 176 g/mol. The number of aliphatic hydroxyl groups is 1. The zero-order valence-corrected chi connectivity index (χ0v) is 7.17. The maximum absolute atomic E-state index is 9.61. The fraction of sp³-hybridized carbons (Fsp3) is 1.00. The van der Waals surface area contributed by atoms with Gasteiger partial charge in [-0.05, 0) is 0 Å². The van der Waals surface area contributed by atoms with Crippen molar-refractivity contribution in [1.82, 2.24) is 0 Å². The molecule has 0 saturated carbocycles. The van der Waals surface area contributed by atoms with Crippen LogP contribution in [0.15, 0.2) is 0 Å². The van der Waals surface area contributed by atoms with Crippen LogP contribution in [0.1, 0.15) is 0 Å². The minimum atomic E-state index is -4.35. The van der Waals surface area contributed by atoms with E-state index < -0.39 is 23.6 Å². The van der Waals surface area contributed by atoms with E-state index >= 15 is 0 Å². The van der Waals surface area contributed by atoms with Crippen molar-refractivity contribution in [3.8, 4) is 0 Å². The molecule has 0 bridgehead atoms. The summed E-state index contributed by atoms with van der Waals surface area (Å²) in [5.74, 6) is 0. The quantitative estimate of drug-likeness (QED) is 0.555. The second kappa shape index (κ2) is 7.89. The summed E-state index contributed by atoms with van der Waals surface area (Å²) in [5.41, 5.74) is 0. The number of hydrogen-bond acceptors (Lipinski definition) is 5. The smallest absolute Gasteiger partial charge is 0.394 e. The molecule has 7 heteroatoms.